The van der Waals surface area contributed by atoms with Gasteiger partial charge < -0.3 is 21.5 Å². The van der Waals surface area contributed by atoms with Gasteiger partial charge in [0.25, 0.3) is 0 Å². The molecule has 4 nitrogen and oxygen atoms in total. The van der Waals surface area contributed by atoms with Crippen LogP contribution in [0.3, 0.4) is 0 Å². The van der Waals surface area contributed by atoms with E-state index in [2.05, 4.69) is 0 Å². The Kier molecular flexibility index (Phi) is 69.1. The molecule has 0 aromatic rings. The SMILES string of the molecule is CC(=O)[O-].[NH4+].[Ni+].[OH-]. The van der Waals surface area contributed by atoms with Crippen molar-refractivity contribution in [1.29, 1.82) is 0 Å². The van der Waals surface area contributed by atoms with E-state index < -0.39 is 5.97 Å². The van der Waals surface area contributed by atoms with Gasteiger partial charge in [0.1, 0.15) is 0 Å². The standard InChI is InChI=1S/C2H4O2.H3N.Ni.H2O/c1-2(3)4;;;/h1H3,(H,3,4);1H3;;1H2/q;;+1;/p-1. The summed E-state index contributed by atoms with van der Waals surface area (Å²) >= 11 is 0. The monoisotopic (exact) mass is 152 g/mol. The van der Waals surface area contributed by atoms with Crippen LogP contribution in [-0.2, 0) is 21.3 Å². The smallest absolute Gasteiger partial charge is 0.870 e. The van der Waals surface area contributed by atoms with Crippen molar-refractivity contribution in [3.8, 4) is 0 Å². The number of carboxylic acid groups (broad SMARTS) is 1. The zero-order chi connectivity index (χ0) is 3.58. The van der Waals surface area contributed by atoms with Crippen LogP contribution in [0, 0.1) is 0 Å². The average Bonchev–Trinajstić information content (AvgIpc) is 0.811. The van der Waals surface area contributed by atoms with E-state index in [4.69, 9.17) is 9.90 Å². The Morgan fingerprint density at radius 3 is 1.57 bits per heavy atom. The van der Waals surface area contributed by atoms with Gasteiger partial charge in [0, 0.05) is 5.97 Å². The van der Waals surface area contributed by atoms with Gasteiger partial charge in [0.15, 0.2) is 0 Å². The van der Waals surface area contributed by atoms with E-state index in [9.17, 15) is 0 Å². The van der Waals surface area contributed by atoms with Crippen LogP contribution in [0.4, 0.5) is 0 Å². The topological polar surface area (TPSA) is 107 Å². The summed E-state index contributed by atoms with van der Waals surface area (Å²) in [6.07, 6.45) is 0. The zero-order valence-electron chi connectivity index (χ0n) is 4.08. The number of carbonyl (C=O) groups excluding carboxylic acids is 1. The molecule has 0 unspecified atom stereocenters. The molecule has 0 amide bonds. The Bertz CT molecular complexity index is 35.9. The Hall–Kier alpha value is -0.116. The van der Waals surface area contributed by atoms with Crippen molar-refractivity contribution >= 4 is 5.97 Å². The van der Waals surface area contributed by atoms with Gasteiger partial charge in [-0.1, -0.05) is 0 Å². The summed E-state index contributed by atoms with van der Waals surface area (Å²) in [5, 5.41) is 8.89. The maximum Gasteiger partial charge on any atom is 1.00 e. The Morgan fingerprint density at radius 1 is 1.57 bits per heavy atom. The Morgan fingerprint density at radius 2 is 1.57 bits per heavy atom. The van der Waals surface area contributed by atoms with Gasteiger partial charge in [-0.2, -0.15) is 0 Å². The molecule has 0 aromatic carbocycles. The fraction of sp³-hybridized carbons (Fsp3) is 0.500. The Balaban J connectivity index is -0.0000000150. The first-order valence-electron chi connectivity index (χ1n) is 0.908. The van der Waals surface area contributed by atoms with E-state index >= 15 is 0 Å². The summed E-state index contributed by atoms with van der Waals surface area (Å²) in [7, 11) is 0. The van der Waals surface area contributed by atoms with Gasteiger partial charge in [-0.3, -0.25) is 0 Å². The van der Waals surface area contributed by atoms with Crippen molar-refractivity contribution in [3.05, 3.63) is 0 Å². The first-order valence-corrected chi connectivity index (χ1v) is 0.908. The predicted molar refractivity (Wildman–Crippen MR) is 18.6 cm³/mol. The maximum atomic E-state index is 8.89. The molecule has 0 saturated heterocycles. The summed E-state index contributed by atoms with van der Waals surface area (Å²) in [4.78, 5) is 8.89. The summed E-state index contributed by atoms with van der Waals surface area (Å²) < 4.78 is 0. The number of rotatable bonds is 0. The minimum absolute atomic E-state index is 0. The number of quaternary nitrogens is 1. The molecule has 0 heterocycles. The van der Waals surface area contributed by atoms with Crippen LogP contribution in [0.2, 0.25) is 0 Å². The molecule has 0 saturated carbocycles. The number of carbonyl (C=O) groups is 1. The van der Waals surface area contributed by atoms with Gasteiger partial charge in [-0.05, 0) is 6.92 Å². The van der Waals surface area contributed by atoms with E-state index in [0.29, 0.717) is 0 Å². The molecule has 0 aromatic heterocycles. The molecule has 0 bridgehead atoms. The third kappa shape index (κ3) is 6540. The van der Waals surface area contributed by atoms with Gasteiger partial charge in [0.2, 0.25) is 0 Å². The molecule has 0 rings (SSSR count). The largest absolute Gasteiger partial charge is 1.00 e. The van der Waals surface area contributed by atoms with Crippen LogP contribution in [0.1, 0.15) is 6.92 Å². The van der Waals surface area contributed by atoms with E-state index in [1.54, 1.807) is 0 Å². The molecule has 0 aliphatic rings. The number of carboxylic acids is 1. The van der Waals surface area contributed by atoms with Crippen LogP contribution in [-0.4, -0.2) is 11.4 Å². The fourth-order valence-corrected chi connectivity index (χ4v) is 0. The molecular weight excluding hydrogens is 145 g/mol. The molecule has 0 fully saturated rings. The molecule has 5 heteroatoms. The average molecular weight is 153 g/mol. The van der Waals surface area contributed by atoms with E-state index in [-0.39, 0.29) is 28.1 Å². The number of aliphatic carboxylic acids is 1. The van der Waals surface area contributed by atoms with Crippen molar-refractivity contribution in [2.45, 2.75) is 6.92 Å². The molecule has 7 heavy (non-hydrogen) atoms. The molecule has 0 atom stereocenters. The number of hydrogen-bond acceptors (Lipinski definition) is 3. The van der Waals surface area contributed by atoms with E-state index in [1.807, 2.05) is 0 Å². The second-order valence-electron chi connectivity index (χ2n) is 0.492. The van der Waals surface area contributed by atoms with Crippen LogP contribution in [0.15, 0.2) is 0 Å². The third-order valence-corrected chi connectivity index (χ3v) is 0. The van der Waals surface area contributed by atoms with Crippen LogP contribution in [0.5, 0.6) is 0 Å². The van der Waals surface area contributed by atoms with Crippen LogP contribution in [0.25, 0.3) is 0 Å². The van der Waals surface area contributed by atoms with Gasteiger partial charge in [-0.25, -0.2) is 0 Å². The van der Waals surface area contributed by atoms with Gasteiger partial charge >= 0.3 is 16.5 Å². The Labute approximate surface area is 51.7 Å². The molecule has 49 valence electrons. The maximum absolute atomic E-state index is 8.89. The molecular formula is C2H8NNiO3. The normalized spacial score (nSPS) is 3.57. The first-order chi connectivity index (χ1) is 1.73. The van der Waals surface area contributed by atoms with Crippen molar-refractivity contribution in [3.63, 3.8) is 0 Å². The fourth-order valence-electron chi connectivity index (χ4n) is 0. The van der Waals surface area contributed by atoms with Gasteiger partial charge in [-0.15, -0.1) is 0 Å². The van der Waals surface area contributed by atoms with Crippen molar-refractivity contribution in [1.82, 2.24) is 6.15 Å². The van der Waals surface area contributed by atoms with Crippen LogP contribution >= 0.6 is 0 Å². The first kappa shape index (κ1) is 28.7. The minimum Gasteiger partial charge on any atom is -0.870 e. The molecule has 5 N–H and O–H groups in total. The minimum atomic E-state index is -1.08. The number of hydrogen-bond donors (Lipinski definition) is 1. The third-order valence-electron chi connectivity index (χ3n) is 0. The zero-order valence-corrected chi connectivity index (χ0v) is 5.07. The van der Waals surface area contributed by atoms with Crippen molar-refractivity contribution in [2.75, 3.05) is 0 Å². The second kappa shape index (κ2) is 16.9. The van der Waals surface area contributed by atoms with Crippen molar-refractivity contribution < 1.29 is 31.9 Å². The molecule has 0 spiro atoms. The van der Waals surface area contributed by atoms with Crippen LogP contribution < -0.4 is 11.3 Å². The molecule has 0 aliphatic carbocycles. The summed E-state index contributed by atoms with van der Waals surface area (Å²) in [5.74, 6) is -1.08. The summed E-state index contributed by atoms with van der Waals surface area (Å²) in [6.45, 7) is 0.972. The van der Waals surface area contributed by atoms with Crippen molar-refractivity contribution in [2.24, 2.45) is 0 Å². The van der Waals surface area contributed by atoms with E-state index in [1.165, 1.54) is 0 Å². The quantitative estimate of drug-likeness (QED) is 0.448. The molecule has 1 radical (unpaired) electrons. The molecule has 0 aliphatic heterocycles. The predicted octanol–water partition coefficient (Wildman–Crippen LogP) is -1.05. The summed E-state index contributed by atoms with van der Waals surface area (Å²) in [6, 6.07) is 0. The second-order valence-corrected chi connectivity index (χ2v) is 0.492. The van der Waals surface area contributed by atoms with Gasteiger partial charge in [0.05, 0.1) is 0 Å². The van der Waals surface area contributed by atoms with E-state index in [0.717, 1.165) is 6.92 Å². The summed E-state index contributed by atoms with van der Waals surface area (Å²) in [5.41, 5.74) is 0.